The quantitative estimate of drug-likeness (QED) is 0.473. The first kappa shape index (κ1) is 19.5. The van der Waals surface area contributed by atoms with Gasteiger partial charge >= 0.3 is 5.97 Å². The molecule has 2 aliphatic heterocycles. The highest BCUT2D eigenvalue weighted by Crippen LogP contribution is 2.64. The van der Waals surface area contributed by atoms with Gasteiger partial charge in [0.1, 0.15) is 11.4 Å². The summed E-state index contributed by atoms with van der Waals surface area (Å²) in [6, 6.07) is 13.9. The molecule has 0 radical (unpaired) electrons. The van der Waals surface area contributed by atoms with Crippen LogP contribution in [0.3, 0.4) is 0 Å². The topological polar surface area (TPSA) is 35.5 Å². The summed E-state index contributed by atoms with van der Waals surface area (Å²) in [6.07, 6.45) is 4.24. The lowest BCUT2D eigenvalue weighted by Crippen LogP contribution is -2.57. The predicted octanol–water partition coefficient (Wildman–Crippen LogP) is 5.82. The zero-order chi connectivity index (χ0) is 20.4. The Morgan fingerprint density at radius 2 is 1.97 bits per heavy atom. The van der Waals surface area contributed by atoms with E-state index in [1.807, 2.05) is 36.4 Å². The fourth-order valence-corrected chi connectivity index (χ4v) is 7.46. The standard InChI is InChI=1S/C25H31O3P/c1-4-16-11-12-20-21(16)22(25(29)14-15(2)24(20,3)28-25)27-23(26)19-10-9-17-7-5-6-8-18(17)13-19/h5-10,13,15-16,20-22H,4,11-12,14,29H2,1-3H3. The Hall–Kier alpha value is -1.44. The summed E-state index contributed by atoms with van der Waals surface area (Å²) < 4.78 is 13.0. The van der Waals surface area contributed by atoms with E-state index < -0.39 is 5.34 Å². The van der Waals surface area contributed by atoms with Crippen LogP contribution < -0.4 is 0 Å². The van der Waals surface area contributed by atoms with E-state index in [9.17, 15) is 4.79 Å². The molecule has 2 heterocycles. The van der Waals surface area contributed by atoms with Crippen molar-refractivity contribution in [2.45, 2.75) is 63.5 Å². The smallest absolute Gasteiger partial charge is 0.338 e. The molecule has 8 atom stereocenters. The molecule has 2 aromatic rings. The number of ether oxygens (including phenoxy) is 2. The lowest BCUT2D eigenvalue weighted by molar-refractivity contribution is -0.206. The predicted molar refractivity (Wildman–Crippen MR) is 119 cm³/mol. The van der Waals surface area contributed by atoms with Gasteiger partial charge in [0.15, 0.2) is 0 Å². The molecule has 2 bridgehead atoms. The SMILES string of the molecule is CCC1CCC2C1C(OC(=O)c1ccc3ccccc3c1)C1(P)CC(C)C2(C)O1. The molecule has 1 saturated carbocycles. The number of rotatable bonds is 3. The van der Waals surface area contributed by atoms with Gasteiger partial charge in [-0.1, -0.05) is 59.8 Å². The molecule has 3 aliphatic rings. The molecule has 2 saturated heterocycles. The van der Waals surface area contributed by atoms with Crippen LogP contribution in [0.15, 0.2) is 42.5 Å². The lowest BCUT2D eigenvalue weighted by atomic mass is 9.72. The third-order valence-electron chi connectivity index (χ3n) is 8.18. The fraction of sp³-hybridized carbons (Fsp3) is 0.560. The summed E-state index contributed by atoms with van der Waals surface area (Å²) in [5.74, 6) is 1.68. The van der Waals surface area contributed by atoms with Crippen molar-refractivity contribution in [3.05, 3.63) is 48.0 Å². The molecule has 29 heavy (non-hydrogen) atoms. The summed E-state index contributed by atoms with van der Waals surface area (Å²) in [7, 11) is 2.95. The van der Waals surface area contributed by atoms with Crippen molar-refractivity contribution >= 4 is 26.0 Å². The minimum absolute atomic E-state index is 0.109. The molecule has 5 rings (SSSR count). The molecule has 0 N–H and O–H groups in total. The second-order valence-electron chi connectivity index (χ2n) is 9.66. The molecule has 2 aromatic carbocycles. The lowest BCUT2D eigenvalue weighted by Gasteiger charge is -2.50. The van der Waals surface area contributed by atoms with Crippen molar-refractivity contribution in [2.75, 3.05) is 0 Å². The third kappa shape index (κ3) is 2.88. The molecule has 154 valence electrons. The molecule has 0 aromatic heterocycles. The number of benzene rings is 2. The second kappa shape index (κ2) is 6.79. The summed E-state index contributed by atoms with van der Waals surface area (Å²) >= 11 is 0. The molecule has 1 aliphatic carbocycles. The highest BCUT2D eigenvalue weighted by molar-refractivity contribution is 7.18. The fourth-order valence-electron chi connectivity index (χ4n) is 6.56. The van der Waals surface area contributed by atoms with Crippen LogP contribution in [-0.2, 0) is 9.47 Å². The van der Waals surface area contributed by atoms with Crippen LogP contribution in [0.5, 0.6) is 0 Å². The van der Waals surface area contributed by atoms with Gasteiger partial charge in [-0.15, -0.1) is 0 Å². The van der Waals surface area contributed by atoms with Gasteiger partial charge in [-0.2, -0.15) is 0 Å². The average molecular weight is 410 g/mol. The number of carbonyl (C=O) groups excluding carboxylic acids is 1. The monoisotopic (exact) mass is 410 g/mol. The Morgan fingerprint density at radius 1 is 1.21 bits per heavy atom. The molecule has 8 unspecified atom stereocenters. The van der Waals surface area contributed by atoms with Crippen molar-refractivity contribution in [1.82, 2.24) is 0 Å². The van der Waals surface area contributed by atoms with E-state index in [-0.39, 0.29) is 17.7 Å². The van der Waals surface area contributed by atoms with Crippen molar-refractivity contribution in [1.29, 1.82) is 0 Å². The van der Waals surface area contributed by atoms with Gasteiger partial charge in [0.05, 0.1) is 11.2 Å². The van der Waals surface area contributed by atoms with Gasteiger partial charge in [0.25, 0.3) is 0 Å². The van der Waals surface area contributed by atoms with Gasteiger partial charge in [0, 0.05) is 5.92 Å². The number of esters is 1. The van der Waals surface area contributed by atoms with E-state index >= 15 is 0 Å². The summed E-state index contributed by atoms with van der Waals surface area (Å²) in [4.78, 5) is 13.2. The van der Waals surface area contributed by atoms with Crippen LogP contribution in [0.4, 0.5) is 0 Å². The van der Waals surface area contributed by atoms with Gasteiger partial charge in [-0.25, -0.2) is 4.79 Å². The van der Waals surface area contributed by atoms with Crippen LogP contribution >= 0.6 is 9.24 Å². The Bertz CT molecular complexity index is 958. The highest BCUT2D eigenvalue weighted by Gasteiger charge is 2.68. The van der Waals surface area contributed by atoms with E-state index in [1.54, 1.807) is 0 Å². The first-order valence-corrected chi connectivity index (χ1v) is 11.6. The Balaban J connectivity index is 1.49. The molecular weight excluding hydrogens is 379 g/mol. The summed E-state index contributed by atoms with van der Waals surface area (Å²) in [6.45, 7) is 6.87. The van der Waals surface area contributed by atoms with Crippen molar-refractivity contribution in [3.63, 3.8) is 0 Å². The van der Waals surface area contributed by atoms with Gasteiger partial charge < -0.3 is 9.47 Å². The molecule has 3 fully saturated rings. The van der Waals surface area contributed by atoms with E-state index in [2.05, 4.69) is 36.1 Å². The van der Waals surface area contributed by atoms with Crippen molar-refractivity contribution < 1.29 is 14.3 Å². The van der Waals surface area contributed by atoms with E-state index in [1.165, 1.54) is 12.8 Å². The minimum Gasteiger partial charge on any atom is -0.455 e. The van der Waals surface area contributed by atoms with Gasteiger partial charge in [-0.3, -0.25) is 0 Å². The first-order chi connectivity index (χ1) is 13.9. The second-order valence-corrected chi connectivity index (χ2v) is 10.6. The zero-order valence-corrected chi connectivity index (χ0v) is 18.7. The van der Waals surface area contributed by atoms with E-state index in [0.29, 0.717) is 29.2 Å². The minimum atomic E-state index is -0.473. The molecular formula is C25H31O3P. The van der Waals surface area contributed by atoms with Crippen LogP contribution in [0.2, 0.25) is 0 Å². The van der Waals surface area contributed by atoms with Crippen LogP contribution in [-0.4, -0.2) is 23.0 Å². The highest BCUT2D eigenvalue weighted by atomic mass is 31.0. The Labute approximate surface area is 175 Å². The summed E-state index contributed by atoms with van der Waals surface area (Å²) in [5.41, 5.74) is 0.515. The number of carbonyl (C=O) groups is 1. The maximum Gasteiger partial charge on any atom is 0.338 e. The van der Waals surface area contributed by atoms with Crippen LogP contribution in [0.1, 0.15) is 56.8 Å². The third-order valence-corrected chi connectivity index (χ3v) is 8.86. The molecule has 3 nitrogen and oxygen atoms in total. The Morgan fingerprint density at radius 3 is 2.72 bits per heavy atom. The first-order valence-electron chi connectivity index (χ1n) is 11.0. The van der Waals surface area contributed by atoms with Gasteiger partial charge in [0.2, 0.25) is 0 Å². The summed E-state index contributed by atoms with van der Waals surface area (Å²) in [5, 5.41) is 1.73. The molecule has 0 amide bonds. The number of hydrogen-bond donors (Lipinski definition) is 0. The van der Waals surface area contributed by atoms with Gasteiger partial charge in [-0.05, 0) is 66.8 Å². The largest absolute Gasteiger partial charge is 0.455 e. The van der Waals surface area contributed by atoms with Crippen molar-refractivity contribution in [2.24, 2.45) is 23.7 Å². The zero-order valence-electron chi connectivity index (χ0n) is 17.6. The Kier molecular flexibility index (Phi) is 4.57. The molecule has 0 spiro atoms. The molecule has 4 heteroatoms. The van der Waals surface area contributed by atoms with E-state index in [0.717, 1.165) is 23.6 Å². The van der Waals surface area contributed by atoms with Crippen molar-refractivity contribution in [3.8, 4) is 0 Å². The normalized spacial score (nSPS) is 40.8. The number of fused-ring (bicyclic) bond motifs is 5. The number of hydrogen-bond acceptors (Lipinski definition) is 3. The maximum atomic E-state index is 13.2. The average Bonchev–Trinajstić information content (AvgIpc) is 3.23. The van der Waals surface area contributed by atoms with Crippen LogP contribution in [0, 0.1) is 23.7 Å². The van der Waals surface area contributed by atoms with E-state index in [4.69, 9.17) is 9.47 Å². The van der Waals surface area contributed by atoms with Crippen LogP contribution in [0.25, 0.3) is 10.8 Å². The maximum absolute atomic E-state index is 13.2.